The summed E-state index contributed by atoms with van der Waals surface area (Å²) in [6, 6.07) is 25.5. The van der Waals surface area contributed by atoms with Gasteiger partial charge in [0.2, 0.25) is 0 Å². The van der Waals surface area contributed by atoms with E-state index in [1.54, 1.807) is 31.2 Å². The maximum absolute atomic E-state index is 12.4. The van der Waals surface area contributed by atoms with Gasteiger partial charge in [-0.3, -0.25) is 9.59 Å². The molecule has 3 aromatic carbocycles. The van der Waals surface area contributed by atoms with Crippen molar-refractivity contribution in [1.29, 1.82) is 0 Å². The number of methoxy groups -OCH3 is 1. The lowest BCUT2D eigenvalue weighted by atomic mass is 10.1. The number of anilines is 1. The molecule has 152 valence electrons. The van der Waals surface area contributed by atoms with Gasteiger partial charge >= 0.3 is 0 Å². The molecule has 0 aliphatic carbocycles. The molecule has 0 unspecified atom stereocenters. The predicted molar refractivity (Wildman–Crippen MR) is 117 cm³/mol. The first-order valence-corrected chi connectivity index (χ1v) is 9.47. The highest BCUT2D eigenvalue weighted by molar-refractivity contribution is 6.05. The molecule has 2 N–H and O–H groups in total. The molecule has 0 bridgehead atoms. The number of benzene rings is 3. The van der Waals surface area contributed by atoms with Crippen molar-refractivity contribution >= 4 is 23.2 Å². The zero-order valence-corrected chi connectivity index (χ0v) is 16.8. The van der Waals surface area contributed by atoms with Gasteiger partial charge in [0.1, 0.15) is 0 Å². The molecule has 6 nitrogen and oxygen atoms in total. The maximum atomic E-state index is 12.4. The standard InChI is InChI=1S/C24H23N3O3/c1-17(26-27-24(29)22(30-2)19-9-5-3-6-10-19)18-13-15-21(16-14-18)25-23(28)20-11-7-4-8-12-20/h3-16,22H,1-2H3,(H,25,28)(H,27,29)/b26-17-/t22-/m0/s1. The lowest BCUT2D eigenvalue weighted by Gasteiger charge is -2.14. The second kappa shape index (κ2) is 10.1. The number of carbonyl (C=O) groups is 2. The van der Waals surface area contributed by atoms with Crippen molar-refractivity contribution in [2.45, 2.75) is 13.0 Å². The fourth-order valence-electron chi connectivity index (χ4n) is 2.87. The van der Waals surface area contributed by atoms with Crippen LogP contribution in [0.4, 0.5) is 5.69 Å². The summed E-state index contributed by atoms with van der Waals surface area (Å²) in [6.07, 6.45) is -0.738. The Morgan fingerprint density at radius 2 is 1.43 bits per heavy atom. The van der Waals surface area contributed by atoms with Crippen molar-refractivity contribution in [1.82, 2.24) is 5.43 Å². The molecule has 0 radical (unpaired) electrons. The van der Waals surface area contributed by atoms with Gasteiger partial charge in [0, 0.05) is 18.4 Å². The number of amides is 2. The summed E-state index contributed by atoms with van der Waals surface area (Å²) in [6.45, 7) is 1.79. The molecule has 0 fully saturated rings. The number of nitrogens with one attached hydrogen (secondary N) is 2. The second-order valence-electron chi connectivity index (χ2n) is 6.60. The number of carbonyl (C=O) groups excluding carboxylic acids is 2. The van der Waals surface area contributed by atoms with E-state index >= 15 is 0 Å². The molecule has 1 atom stereocenters. The number of hydrogen-bond donors (Lipinski definition) is 2. The van der Waals surface area contributed by atoms with Crippen LogP contribution in [0.25, 0.3) is 0 Å². The van der Waals surface area contributed by atoms with E-state index in [9.17, 15) is 9.59 Å². The average molecular weight is 401 g/mol. The fraction of sp³-hybridized carbons (Fsp3) is 0.125. The van der Waals surface area contributed by atoms with E-state index in [4.69, 9.17) is 4.74 Å². The number of hydrazone groups is 1. The third kappa shape index (κ3) is 5.40. The SMILES string of the molecule is CO[C@H](C(=O)N/N=C(/C)c1ccc(NC(=O)c2ccccc2)cc1)c1ccccc1. The molecular formula is C24H23N3O3. The first-order valence-electron chi connectivity index (χ1n) is 9.47. The van der Waals surface area contributed by atoms with Crippen molar-refractivity contribution in [2.24, 2.45) is 5.10 Å². The van der Waals surface area contributed by atoms with Gasteiger partial charge in [-0.05, 0) is 42.3 Å². The largest absolute Gasteiger partial charge is 0.367 e. The third-order valence-electron chi connectivity index (χ3n) is 4.51. The molecule has 0 aromatic heterocycles. The van der Waals surface area contributed by atoms with Crippen LogP contribution >= 0.6 is 0 Å². The molecule has 0 heterocycles. The van der Waals surface area contributed by atoms with E-state index in [1.165, 1.54) is 7.11 Å². The molecule has 0 aliphatic heterocycles. The van der Waals surface area contributed by atoms with Gasteiger partial charge in [0.25, 0.3) is 11.8 Å². The molecule has 0 saturated heterocycles. The van der Waals surface area contributed by atoms with Gasteiger partial charge in [-0.25, -0.2) is 5.43 Å². The monoisotopic (exact) mass is 401 g/mol. The minimum atomic E-state index is -0.738. The van der Waals surface area contributed by atoms with E-state index in [0.717, 1.165) is 11.1 Å². The van der Waals surface area contributed by atoms with Crippen molar-refractivity contribution in [3.63, 3.8) is 0 Å². The molecular weight excluding hydrogens is 378 g/mol. The maximum Gasteiger partial charge on any atom is 0.273 e. The Kier molecular flexibility index (Phi) is 7.08. The first-order chi connectivity index (χ1) is 14.6. The summed E-state index contributed by atoms with van der Waals surface area (Å²) in [5.41, 5.74) is 6.02. The van der Waals surface area contributed by atoms with Crippen LogP contribution in [0.2, 0.25) is 0 Å². The third-order valence-corrected chi connectivity index (χ3v) is 4.51. The Bertz CT molecular complexity index is 1020. The topological polar surface area (TPSA) is 79.8 Å². The molecule has 30 heavy (non-hydrogen) atoms. The fourth-order valence-corrected chi connectivity index (χ4v) is 2.87. The van der Waals surface area contributed by atoms with Crippen LogP contribution in [-0.4, -0.2) is 24.6 Å². The Hall–Kier alpha value is -3.77. The molecule has 0 saturated carbocycles. The summed E-state index contributed by atoms with van der Waals surface area (Å²) in [5.74, 6) is -0.526. The highest BCUT2D eigenvalue weighted by Gasteiger charge is 2.19. The highest BCUT2D eigenvalue weighted by atomic mass is 16.5. The number of nitrogens with zero attached hydrogens (tertiary/aromatic N) is 1. The Morgan fingerprint density at radius 3 is 2.03 bits per heavy atom. The van der Waals surface area contributed by atoms with Crippen LogP contribution in [0.15, 0.2) is 90.0 Å². The zero-order valence-electron chi connectivity index (χ0n) is 16.8. The Labute approximate surface area is 175 Å². The van der Waals surface area contributed by atoms with Crippen molar-refractivity contribution in [2.75, 3.05) is 12.4 Å². The van der Waals surface area contributed by atoms with E-state index in [-0.39, 0.29) is 11.8 Å². The van der Waals surface area contributed by atoms with E-state index in [1.807, 2.05) is 60.7 Å². The molecule has 6 heteroatoms. The summed E-state index contributed by atoms with van der Waals surface area (Å²) in [4.78, 5) is 24.7. The molecule has 0 aliphatic rings. The van der Waals surface area contributed by atoms with E-state index in [0.29, 0.717) is 17.0 Å². The van der Waals surface area contributed by atoms with Crippen LogP contribution in [-0.2, 0) is 9.53 Å². The quantitative estimate of drug-likeness (QED) is 0.461. The Balaban J connectivity index is 1.62. The smallest absolute Gasteiger partial charge is 0.273 e. The normalized spacial score (nSPS) is 12.1. The summed E-state index contributed by atoms with van der Waals surface area (Å²) < 4.78 is 5.30. The molecule has 3 aromatic rings. The van der Waals surface area contributed by atoms with Gasteiger partial charge in [0.15, 0.2) is 6.10 Å². The minimum Gasteiger partial charge on any atom is -0.367 e. The van der Waals surface area contributed by atoms with Crippen molar-refractivity contribution < 1.29 is 14.3 Å². The second-order valence-corrected chi connectivity index (χ2v) is 6.60. The first kappa shape index (κ1) is 21.0. The van der Waals surface area contributed by atoms with Crippen LogP contribution in [0.1, 0.15) is 34.5 Å². The highest BCUT2D eigenvalue weighted by Crippen LogP contribution is 2.16. The molecule has 0 spiro atoms. The number of rotatable bonds is 7. The van der Waals surface area contributed by atoms with Crippen LogP contribution < -0.4 is 10.7 Å². The van der Waals surface area contributed by atoms with Crippen LogP contribution in [0, 0.1) is 0 Å². The van der Waals surface area contributed by atoms with Gasteiger partial charge in [-0.15, -0.1) is 0 Å². The Morgan fingerprint density at radius 1 is 0.833 bits per heavy atom. The molecule has 2 amide bonds. The van der Waals surface area contributed by atoms with Crippen molar-refractivity contribution in [3.8, 4) is 0 Å². The minimum absolute atomic E-state index is 0.174. The van der Waals surface area contributed by atoms with Gasteiger partial charge < -0.3 is 10.1 Å². The summed E-state index contributed by atoms with van der Waals surface area (Å²) in [5, 5.41) is 7.03. The lowest BCUT2D eigenvalue weighted by Crippen LogP contribution is -2.27. The summed E-state index contributed by atoms with van der Waals surface area (Å²) >= 11 is 0. The summed E-state index contributed by atoms with van der Waals surface area (Å²) in [7, 11) is 1.48. The predicted octanol–water partition coefficient (Wildman–Crippen LogP) is 4.17. The van der Waals surface area contributed by atoms with E-state index < -0.39 is 6.10 Å². The van der Waals surface area contributed by atoms with Crippen LogP contribution in [0.5, 0.6) is 0 Å². The number of ether oxygens (including phenoxy) is 1. The van der Waals surface area contributed by atoms with Gasteiger partial charge in [-0.2, -0.15) is 5.10 Å². The van der Waals surface area contributed by atoms with Crippen molar-refractivity contribution in [3.05, 3.63) is 102 Å². The van der Waals surface area contributed by atoms with Gasteiger partial charge in [0.05, 0.1) is 5.71 Å². The average Bonchev–Trinajstić information content (AvgIpc) is 2.79. The van der Waals surface area contributed by atoms with Gasteiger partial charge in [-0.1, -0.05) is 60.7 Å². The van der Waals surface area contributed by atoms with Crippen LogP contribution in [0.3, 0.4) is 0 Å². The zero-order chi connectivity index (χ0) is 21.3. The lowest BCUT2D eigenvalue weighted by molar-refractivity contribution is -0.131. The van der Waals surface area contributed by atoms with E-state index in [2.05, 4.69) is 15.8 Å². The number of hydrogen-bond acceptors (Lipinski definition) is 4. The molecule has 3 rings (SSSR count).